The van der Waals surface area contributed by atoms with Gasteiger partial charge in [-0.2, -0.15) is 4.31 Å². The first-order valence-corrected chi connectivity index (χ1v) is 12.7. The molecule has 0 saturated carbocycles. The lowest BCUT2D eigenvalue weighted by molar-refractivity contribution is 0.0904. The molecule has 0 bridgehead atoms. The van der Waals surface area contributed by atoms with Crippen LogP contribution in [0.1, 0.15) is 40.0 Å². The van der Waals surface area contributed by atoms with Crippen LogP contribution in [0.4, 0.5) is 0 Å². The molecule has 0 radical (unpaired) electrons. The highest BCUT2D eigenvalue weighted by molar-refractivity contribution is 7.89. The standard InChI is InChI=1S/C20H41N5O3S/c1-5-23-10-7-19(8-11-23)6-9-22-20(21-4)24-12-14-25(15-13-24)29(26,27)17-16-28-18(2)3/h18-19H,5-17H2,1-4H3,(H,21,22). The fourth-order valence-corrected chi connectivity index (χ4v) is 5.29. The lowest BCUT2D eigenvalue weighted by Crippen LogP contribution is -2.54. The Balaban J connectivity index is 1.70. The Bertz CT molecular complexity index is 595. The monoisotopic (exact) mass is 431 g/mol. The molecule has 2 saturated heterocycles. The van der Waals surface area contributed by atoms with Crippen molar-refractivity contribution in [3.8, 4) is 0 Å². The molecule has 0 spiro atoms. The number of piperidine rings is 1. The normalized spacial score (nSPS) is 21.1. The van der Waals surface area contributed by atoms with Crippen molar-refractivity contribution in [1.29, 1.82) is 0 Å². The average Bonchev–Trinajstić information content (AvgIpc) is 2.71. The van der Waals surface area contributed by atoms with E-state index in [1.807, 2.05) is 13.8 Å². The number of nitrogens with zero attached hydrogens (tertiary/aromatic N) is 4. The predicted octanol–water partition coefficient (Wildman–Crippen LogP) is 1.06. The van der Waals surface area contributed by atoms with Gasteiger partial charge in [0.15, 0.2) is 5.96 Å². The zero-order chi connectivity index (χ0) is 21.3. The molecule has 0 aromatic heterocycles. The summed E-state index contributed by atoms with van der Waals surface area (Å²) in [5.41, 5.74) is 0. The first-order valence-electron chi connectivity index (χ1n) is 11.1. The summed E-state index contributed by atoms with van der Waals surface area (Å²) in [4.78, 5) is 9.09. The van der Waals surface area contributed by atoms with Gasteiger partial charge in [0.1, 0.15) is 0 Å². The number of guanidine groups is 1. The zero-order valence-electron chi connectivity index (χ0n) is 18.8. The quantitative estimate of drug-likeness (QED) is 0.434. The SMILES string of the molecule is CCN1CCC(CCNC(=NC)N2CCN(S(=O)(=O)CCOC(C)C)CC2)CC1. The van der Waals surface area contributed by atoms with Gasteiger partial charge < -0.3 is 19.9 Å². The zero-order valence-corrected chi connectivity index (χ0v) is 19.6. The summed E-state index contributed by atoms with van der Waals surface area (Å²) in [6, 6.07) is 0. The number of likely N-dealkylation sites (tertiary alicyclic amines) is 1. The van der Waals surface area contributed by atoms with Crippen LogP contribution < -0.4 is 5.32 Å². The minimum absolute atomic E-state index is 0.0506. The molecule has 0 aliphatic carbocycles. The first kappa shape index (κ1) is 24.4. The number of piperazine rings is 1. The highest BCUT2D eigenvalue weighted by atomic mass is 32.2. The number of sulfonamides is 1. The molecule has 0 amide bonds. The molecule has 170 valence electrons. The van der Waals surface area contributed by atoms with Crippen molar-refractivity contribution in [2.45, 2.75) is 46.1 Å². The minimum atomic E-state index is -3.26. The number of hydrogen-bond donors (Lipinski definition) is 1. The summed E-state index contributed by atoms with van der Waals surface area (Å²) in [6.07, 6.45) is 3.78. The summed E-state index contributed by atoms with van der Waals surface area (Å²) >= 11 is 0. The maximum atomic E-state index is 12.5. The maximum absolute atomic E-state index is 12.5. The number of nitrogens with one attached hydrogen (secondary N) is 1. The van der Waals surface area contributed by atoms with Gasteiger partial charge in [0.25, 0.3) is 0 Å². The van der Waals surface area contributed by atoms with Crippen molar-refractivity contribution in [2.24, 2.45) is 10.9 Å². The summed E-state index contributed by atoms with van der Waals surface area (Å²) in [6.45, 7) is 13.2. The molecular weight excluding hydrogens is 390 g/mol. The molecule has 0 aromatic rings. The van der Waals surface area contributed by atoms with Gasteiger partial charge in [-0.3, -0.25) is 4.99 Å². The van der Waals surface area contributed by atoms with E-state index in [2.05, 4.69) is 27.0 Å². The summed E-state index contributed by atoms with van der Waals surface area (Å²) in [7, 11) is -1.46. The van der Waals surface area contributed by atoms with Crippen LogP contribution in [-0.4, -0.2) is 106 Å². The Morgan fingerprint density at radius 2 is 1.79 bits per heavy atom. The summed E-state index contributed by atoms with van der Waals surface area (Å²) in [5.74, 6) is 1.73. The lowest BCUT2D eigenvalue weighted by Gasteiger charge is -2.36. The molecule has 2 heterocycles. The summed E-state index contributed by atoms with van der Waals surface area (Å²) in [5, 5.41) is 3.49. The van der Waals surface area contributed by atoms with E-state index in [1.54, 1.807) is 11.4 Å². The van der Waals surface area contributed by atoms with Crippen molar-refractivity contribution < 1.29 is 13.2 Å². The second kappa shape index (κ2) is 12.1. The molecule has 0 atom stereocenters. The molecule has 0 unspecified atom stereocenters. The number of aliphatic imine (C=N–C) groups is 1. The van der Waals surface area contributed by atoms with E-state index in [-0.39, 0.29) is 18.5 Å². The van der Waals surface area contributed by atoms with E-state index in [9.17, 15) is 8.42 Å². The van der Waals surface area contributed by atoms with Crippen molar-refractivity contribution in [2.75, 3.05) is 71.8 Å². The van der Waals surface area contributed by atoms with Crippen molar-refractivity contribution in [3.05, 3.63) is 0 Å². The van der Waals surface area contributed by atoms with Crippen LogP contribution >= 0.6 is 0 Å². The fraction of sp³-hybridized carbons (Fsp3) is 0.950. The predicted molar refractivity (Wildman–Crippen MR) is 119 cm³/mol. The third kappa shape index (κ3) is 8.03. The van der Waals surface area contributed by atoms with Gasteiger partial charge >= 0.3 is 0 Å². The molecule has 2 rings (SSSR count). The molecule has 2 fully saturated rings. The van der Waals surface area contributed by atoms with E-state index in [0.29, 0.717) is 26.2 Å². The maximum Gasteiger partial charge on any atom is 0.216 e. The van der Waals surface area contributed by atoms with E-state index < -0.39 is 10.0 Å². The number of rotatable bonds is 9. The van der Waals surface area contributed by atoms with Crippen LogP contribution in [0.25, 0.3) is 0 Å². The van der Waals surface area contributed by atoms with Crippen molar-refractivity contribution in [3.63, 3.8) is 0 Å². The second-order valence-corrected chi connectivity index (χ2v) is 10.4. The van der Waals surface area contributed by atoms with E-state index in [1.165, 1.54) is 32.4 Å². The Morgan fingerprint density at radius 1 is 1.14 bits per heavy atom. The molecule has 8 nitrogen and oxygen atoms in total. The molecule has 1 N–H and O–H groups in total. The first-order chi connectivity index (χ1) is 13.9. The van der Waals surface area contributed by atoms with Gasteiger partial charge in [0.05, 0.1) is 18.5 Å². The Hall–Kier alpha value is -0.900. The van der Waals surface area contributed by atoms with Gasteiger partial charge in [-0.25, -0.2) is 8.42 Å². The average molecular weight is 432 g/mol. The fourth-order valence-electron chi connectivity index (χ4n) is 4.01. The van der Waals surface area contributed by atoms with E-state index in [0.717, 1.165) is 25.0 Å². The van der Waals surface area contributed by atoms with Crippen molar-refractivity contribution >= 4 is 16.0 Å². The van der Waals surface area contributed by atoms with Gasteiger partial charge in [-0.1, -0.05) is 6.92 Å². The third-order valence-electron chi connectivity index (χ3n) is 5.93. The summed E-state index contributed by atoms with van der Waals surface area (Å²) < 4.78 is 32.0. The Kier molecular flexibility index (Phi) is 10.1. The third-order valence-corrected chi connectivity index (χ3v) is 7.76. The molecule has 0 aromatic carbocycles. The van der Waals surface area contributed by atoms with E-state index in [4.69, 9.17) is 4.74 Å². The van der Waals surface area contributed by atoms with Crippen LogP contribution in [0.2, 0.25) is 0 Å². The van der Waals surface area contributed by atoms with Gasteiger partial charge in [-0.15, -0.1) is 0 Å². The number of hydrogen-bond acceptors (Lipinski definition) is 5. The molecule has 9 heteroatoms. The highest BCUT2D eigenvalue weighted by Gasteiger charge is 2.28. The molecule has 29 heavy (non-hydrogen) atoms. The smallest absolute Gasteiger partial charge is 0.216 e. The minimum Gasteiger partial charge on any atom is -0.378 e. The van der Waals surface area contributed by atoms with Crippen LogP contribution in [0.3, 0.4) is 0 Å². The molecular formula is C20H41N5O3S. The molecule has 2 aliphatic rings. The highest BCUT2D eigenvalue weighted by Crippen LogP contribution is 2.19. The van der Waals surface area contributed by atoms with Gasteiger partial charge in [0.2, 0.25) is 10.0 Å². The van der Waals surface area contributed by atoms with Gasteiger partial charge in [-0.05, 0) is 58.7 Å². The second-order valence-electron chi connectivity index (χ2n) is 8.26. The Labute approximate surface area is 177 Å². The topological polar surface area (TPSA) is 77.5 Å². The van der Waals surface area contributed by atoms with Crippen molar-refractivity contribution in [1.82, 2.24) is 19.4 Å². The van der Waals surface area contributed by atoms with Crippen LogP contribution in [0.15, 0.2) is 4.99 Å². The number of ether oxygens (including phenoxy) is 1. The van der Waals surface area contributed by atoms with Gasteiger partial charge in [0, 0.05) is 39.8 Å². The van der Waals surface area contributed by atoms with Crippen LogP contribution in [-0.2, 0) is 14.8 Å². The largest absolute Gasteiger partial charge is 0.378 e. The Morgan fingerprint density at radius 3 is 2.34 bits per heavy atom. The lowest BCUT2D eigenvalue weighted by atomic mass is 9.93. The van der Waals surface area contributed by atoms with E-state index >= 15 is 0 Å². The van der Waals surface area contributed by atoms with Crippen LogP contribution in [0.5, 0.6) is 0 Å². The van der Waals surface area contributed by atoms with Crippen LogP contribution in [0, 0.1) is 5.92 Å². The molecule has 2 aliphatic heterocycles.